The predicted molar refractivity (Wildman–Crippen MR) is 91.1 cm³/mol. The van der Waals surface area contributed by atoms with Crippen molar-refractivity contribution in [2.45, 2.75) is 82.9 Å². The Morgan fingerprint density at radius 3 is 2.36 bits per heavy atom. The third kappa shape index (κ3) is 2.67. The van der Waals surface area contributed by atoms with Crippen molar-refractivity contribution in [1.82, 2.24) is 5.32 Å². The monoisotopic (exact) mass is 373 g/mol. The van der Waals surface area contributed by atoms with E-state index in [2.05, 4.69) is 39.9 Å². The van der Waals surface area contributed by atoms with Gasteiger partial charge in [-0.25, -0.2) is 0 Å². The SMILES string of the molecule is CC[C@H](NC(C)=O)[C@@H](CC)[Se][C@@H]1C(=O)[C@]2(C)CC[C@H]1C2(C)C. The molecule has 0 aromatic carbocycles. The average molecular weight is 372 g/mol. The van der Waals surface area contributed by atoms with Crippen molar-refractivity contribution in [2.75, 3.05) is 0 Å². The van der Waals surface area contributed by atoms with Gasteiger partial charge < -0.3 is 0 Å². The minimum atomic E-state index is -0.113. The molecule has 1 amide bonds. The van der Waals surface area contributed by atoms with Crippen LogP contribution < -0.4 is 5.32 Å². The van der Waals surface area contributed by atoms with Gasteiger partial charge in [-0.3, -0.25) is 0 Å². The van der Waals surface area contributed by atoms with Crippen LogP contribution in [0.4, 0.5) is 0 Å². The van der Waals surface area contributed by atoms with Crippen LogP contribution in [0.15, 0.2) is 0 Å². The average Bonchev–Trinajstić information content (AvgIpc) is 2.75. The molecule has 0 aromatic rings. The van der Waals surface area contributed by atoms with Crippen LogP contribution in [0.2, 0.25) is 9.63 Å². The first kappa shape index (κ1) is 18.0. The zero-order valence-corrected chi connectivity index (χ0v) is 16.6. The van der Waals surface area contributed by atoms with E-state index in [1.165, 1.54) is 6.42 Å². The first-order chi connectivity index (χ1) is 10.2. The molecule has 0 radical (unpaired) electrons. The number of hydrogen-bond acceptors (Lipinski definition) is 2. The van der Waals surface area contributed by atoms with Gasteiger partial charge in [0.25, 0.3) is 0 Å². The van der Waals surface area contributed by atoms with Gasteiger partial charge in [0.05, 0.1) is 0 Å². The van der Waals surface area contributed by atoms with E-state index in [0.717, 1.165) is 19.3 Å². The summed E-state index contributed by atoms with van der Waals surface area (Å²) in [6, 6.07) is 0.227. The molecule has 0 aliphatic heterocycles. The molecule has 1 N–H and O–H groups in total. The molecule has 22 heavy (non-hydrogen) atoms. The molecule has 2 aliphatic rings. The fourth-order valence-corrected chi connectivity index (χ4v) is 8.88. The van der Waals surface area contributed by atoms with Crippen molar-refractivity contribution in [2.24, 2.45) is 16.7 Å². The van der Waals surface area contributed by atoms with Crippen LogP contribution in [0.3, 0.4) is 0 Å². The quantitative estimate of drug-likeness (QED) is 0.724. The molecule has 4 heteroatoms. The fraction of sp³-hybridized carbons (Fsp3) is 0.889. The fourth-order valence-electron chi connectivity index (χ4n) is 4.54. The molecule has 2 bridgehead atoms. The Balaban J connectivity index is 2.16. The topological polar surface area (TPSA) is 46.2 Å². The molecule has 5 atom stereocenters. The van der Waals surface area contributed by atoms with E-state index in [0.29, 0.717) is 16.5 Å². The van der Waals surface area contributed by atoms with E-state index >= 15 is 0 Å². The van der Waals surface area contributed by atoms with E-state index in [1.54, 1.807) is 6.92 Å². The summed E-state index contributed by atoms with van der Waals surface area (Å²) in [7, 11) is 0. The number of hydrogen-bond donors (Lipinski definition) is 1. The first-order valence-electron chi connectivity index (χ1n) is 8.65. The molecule has 3 nitrogen and oxygen atoms in total. The Morgan fingerprint density at radius 1 is 1.32 bits per heavy atom. The third-order valence-corrected chi connectivity index (χ3v) is 10.3. The van der Waals surface area contributed by atoms with Gasteiger partial charge in [-0.05, 0) is 0 Å². The van der Waals surface area contributed by atoms with Gasteiger partial charge >= 0.3 is 141 Å². The maximum atomic E-state index is 13.0. The van der Waals surface area contributed by atoms with Crippen LogP contribution in [0, 0.1) is 16.7 Å². The van der Waals surface area contributed by atoms with Crippen molar-refractivity contribution in [3.8, 4) is 0 Å². The van der Waals surface area contributed by atoms with Crippen molar-refractivity contribution in [3.05, 3.63) is 0 Å². The Kier molecular flexibility index (Phi) is 5.14. The number of carbonyl (C=O) groups excluding carboxylic acids is 2. The van der Waals surface area contributed by atoms with E-state index in [-0.39, 0.29) is 42.6 Å². The number of amides is 1. The number of fused-ring (bicyclic) bond motifs is 2. The Hall–Kier alpha value is -0.341. The van der Waals surface area contributed by atoms with E-state index < -0.39 is 0 Å². The van der Waals surface area contributed by atoms with E-state index in [9.17, 15) is 9.59 Å². The second-order valence-corrected chi connectivity index (χ2v) is 10.7. The Labute approximate surface area is 141 Å². The van der Waals surface area contributed by atoms with Gasteiger partial charge in [-0.2, -0.15) is 0 Å². The van der Waals surface area contributed by atoms with Gasteiger partial charge in [0.2, 0.25) is 0 Å². The zero-order valence-electron chi connectivity index (χ0n) is 14.9. The molecule has 0 unspecified atom stereocenters. The van der Waals surface area contributed by atoms with Crippen LogP contribution >= 0.6 is 0 Å². The molecule has 0 saturated heterocycles. The third-order valence-electron chi connectivity index (χ3n) is 6.47. The molecule has 126 valence electrons. The number of ketones is 1. The number of nitrogens with one attached hydrogen (secondary N) is 1. The summed E-state index contributed by atoms with van der Waals surface area (Å²) in [5, 5.41) is 3.11. The summed E-state index contributed by atoms with van der Waals surface area (Å²) in [5.74, 6) is 1.12. The van der Waals surface area contributed by atoms with Gasteiger partial charge in [0.1, 0.15) is 0 Å². The van der Waals surface area contributed by atoms with Crippen molar-refractivity contribution < 1.29 is 9.59 Å². The van der Waals surface area contributed by atoms with Crippen LogP contribution in [0.5, 0.6) is 0 Å². The molecular weight excluding hydrogens is 341 g/mol. The van der Waals surface area contributed by atoms with Gasteiger partial charge in [-0.1, -0.05) is 0 Å². The van der Waals surface area contributed by atoms with Crippen LogP contribution in [0.25, 0.3) is 0 Å². The Morgan fingerprint density at radius 2 is 1.95 bits per heavy atom. The normalized spacial score (nSPS) is 35.5. The zero-order chi connectivity index (χ0) is 16.7. The van der Waals surface area contributed by atoms with Crippen molar-refractivity contribution >= 4 is 26.6 Å². The number of Topliss-reactive ketones (excluding diaryl/α,β-unsaturated/α-hetero) is 1. The van der Waals surface area contributed by atoms with Gasteiger partial charge in [0.15, 0.2) is 0 Å². The summed E-state index contributed by atoms with van der Waals surface area (Å²) in [6.07, 6.45) is 4.27. The maximum absolute atomic E-state index is 13.0. The molecule has 2 aliphatic carbocycles. The summed E-state index contributed by atoms with van der Waals surface area (Å²) < 4.78 is 0. The van der Waals surface area contributed by atoms with E-state index in [4.69, 9.17) is 0 Å². The van der Waals surface area contributed by atoms with Crippen molar-refractivity contribution in [3.63, 3.8) is 0 Å². The molecule has 0 heterocycles. The number of carbonyl (C=O) groups is 2. The summed E-state index contributed by atoms with van der Waals surface area (Å²) in [5.41, 5.74) is 0.0304. The first-order valence-corrected chi connectivity index (χ1v) is 10.6. The molecule has 0 spiro atoms. The van der Waals surface area contributed by atoms with Gasteiger partial charge in [0, 0.05) is 0 Å². The number of rotatable bonds is 6. The molecule has 2 rings (SSSR count). The second-order valence-electron chi connectivity index (χ2n) is 7.78. The standard InChI is InChI=1S/C18H31NO2Se/c1-7-13(19-11(3)20)14(8-2)22-15-12-9-10-18(6,16(15)21)17(12,4)5/h12-15H,7-10H2,1-6H3,(H,19,20)/t12-,13+,14-,15+,18+/m1/s1. The molecule has 0 aromatic heterocycles. The van der Waals surface area contributed by atoms with Crippen LogP contribution in [0.1, 0.15) is 67.2 Å². The predicted octanol–water partition coefficient (Wildman–Crippen LogP) is 3.62. The van der Waals surface area contributed by atoms with Crippen LogP contribution in [-0.2, 0) is 9.59 Å². The second kappa shape index (κ2) is 6.28. The summed E-state index contributed by atoms with van der Waals surface area (Å²) in [4.78, 5) is 25.2. The van der Waals surface area contributed by atoms with Gasteiger partial charge in [-0.15, -0.1) is 0 Å². The molecular formula is C18H31NO2Se. The summed E-state index contributed by atoms with van der Waals surface area (Å²) in [6.45, 7) is 12.7. The minimum absolute atomic E-state index is 0.0488. The van der Waals surface area contributed by atoms with E-state index in [1.807, 2.05) is 0 Å². The van der Waals surface area contributed by atoms with Crippen LogP contribution in [-0.4, -0.2) is 32.7 Å². The Bertz CT molecular complexity index is 462. The summed E-state index contributed by atoms with van der Waals surface area (Å²) >= 11 is 0.273. The molecule has 2 fully saturated rings. The molecule has 2 saturated carbocycles. The van der Waals surface area contributed by atoms with Crippen molar-refractivity contribution in [1.29, 1.82) is 0 Å².